The Balaban J connectivity index is 1.98. The molecule has 0 radical (unpaired) electrons. The number of rotatable bonds is 4. The van der Waals surface area contributed by atoms with E-state index >= 15 is 0 Å². The van der Waals surface area contributed by atoms with Crippen LogP contribution in [0.25, 0.3) is 0 Å². The van der Waals surface area contributed by atoms with Gasteiger partial charge in [0.2, 0.25) is 0 Å². The fourth-order valence-electron chi connectivity index (χ4n) is 1.70. The van der Waals surface area contributed by atoms with Gasteiger partial charge in [-0.15, -0.1) is 0 Å². The van der Waals surface area contributed by atoms with Crippen molar-refractivity contribution in [1.82, 2.24) is 5.32 Å². The molecule has 0 atom stereocenters. The number of nitrogen functional groups attached to an aromatic ring is 1. The molecular weight excluding hydrogens is 259 g/mol. The van der Waals surface area contributed by atoms with E-state index in [1.807, 2.05) is 24.3 Å². The number of hydrogen-bond acceptors (Lipinski definition) is 3. The van der Waals surface area contributed by atoms with Crippen LogP contribution in [0.2, 0.25) is 0 Å². The van der Waals surface area contributed by atoms with Gasteiger partial charge in [-0.25, -0.2) is 4.39 Å². The van der Waals surface area contributed by atoms with Gasteiger partial charge in [-0.1, -0.05) is 12.1 Å². The average molecular weight is 274 g/mol. The van der Waals surface area contributed by atoms with Crippen molar-refractivity contribution in [2.24, 2.45) is 0 Å². The zero-order chi connectivity index (χ0) is 14.5. The standard InChI is InChI=1S/C15H15FN2O2/c1-20-12-5-2-10(3-6-12)9-18-15(19)11-4-7-14(17)13(16)8-11/h2-8H,9,17H2,1H3,(H,18,19). The minimum absolute atomic E-state index is 0.0247. The Morgan fingerprint density at radius 2 is 1.95 bits per heavy atom. The van der Waals surface area contributed by atoms with Crippen LogP contribution < -0.4 is 15.8 Å². The predicted molar refractivity (Wildman–Crippen MR) is 75.0 cm³/mol. The van der Waals surface area contributed by atoms with Crippen LogP contribution in [0.1, 0.15) is 15.9 Å². The van der Waals surface area contributed by atoms with Crippen molar-refractivity contribution >= 4 is 11.6 Å². The second-order valence-electron chi connectivity index (χ2n) is 4.27. The molecule has 104 valence electrons. The van der Waals surface area contributed by atoms with Crippen LogP contribution in [0.4, 0.5) is 10.1 Å². The number of methoxy groups -OCH3 is 1. The van der Waals surface area contributed by atoms with Crippen LogP contribution in [-0.4, -0.2) is 13.0 Å². The molecule has 0 bridgehead atoms. The molecule has 0 fully saturated rings. The molecule has 20 heavy (non-hydrogen) atoms. The third kappa shape index (κ3) is 3.26. The lowest BCUT2D eigenvalue weighted by atomic mass is 10.1. The van der Waals surface area contributed by atoms with Crippen LogP contribution in [0.3, 0.4) is 0 Å². The number of nitrogens with one attached hydrogen (secondary N) is 1. The summed E-state index contributed by atoms with van der Waals surface area (Å²) in [6.45, 7) is 0.356. The first-order valence-electron chi connectivity index (χ1n) is 6.06. The Hall–Kier alpha value is -2.56. The lowest BCUT2D eigenvalue weighted by molar-refractivity contribution is 0.0950. The van der Waals surface area contributed by atoms with Crippen molar-refractivity contribution in [2.75, 3.05) is 12.8 Å². The molecule has 2 aromatic carbocycles. The van der Waals surface area contributed by atoms with Crippen LogP contribution in [0, 0.1) is 5.82 Å². The molecule has 0 unspecified atom stereocenters. The Morgan fingerprint density at radius 3 is 2.55 bits per heavy atom. The van der Waals surface area contributed by atoms with Crippen LogP contribution in [-0.2, 0) is 6.54 Å². The molecule has 5 heteroatoms. The van der Waals surface area contributed by atoms with Crippen LogP contribution >= 0.6 is 0 Å². The molecular formula is C15H15FN2O2. The van der Waals surface area contributed by atoms with E-state index in [1.54, 1.807) is 7.11 Å². The maximum Gasteiger partial charge on any atom is 0.251 e. The van der Waals surface area contributed by atoms with E-state index in [4.69, 9.17) is 10.5 Å². The molecule has 3 N–H and O–H groups in total. The lowest BCUT2D eigenvalue weighted by Crippen LogP contribution is -2.22. The lowest BCUT2D eigenvalue weighted by Gasteiger charge is -2.07. The molecule has 2 rings (SSSR count). The first-order valence-corrected chi connectivity index (χ1v) is 6.06. The molecule has 4 nitrogen and oxygen atoms in total. The quantitative estimate of drug-likeness (QED) is 0.841. The summed E-state index contributed by atoms with van der Waals surface area (Å²) in [6, 6.07) is 11.3. The number of amides is 1. The number of carbonyl (C=O) groups is 1. The van der Waals surface area contributed by atoms with E-state index in [0.29, 0.717) is 6.54 Å². The maximum absolute atomic E-state index is 13.3. The van der Waals surface area contributed by atoms with Crippen molar-refractivity contribution in [3.63, 3.8) is 0 Å². The number of halogens is 1. The van der Waals surface area contributed by atoms with Gasteiger partial charge in [-0.2, -0.15) is 0 Å². The van der Waals surface area contributed by atoms with Gasteiger partial charge >= 0.3 is 0 Å². The van der Waals surface area contributed by atoms with Gasteiger partial charge < -0.3 is 15.8 Å². The first kappa shape index (κ1) is 13.9. The SMILES string of the molecule is COc1ccc(CNC(=O)c2ccc(N)c(F)c2)cc1. The zero-order valence-electron chi connectivity index (χ0n) is 11.0. The normalized spacial score (nSPS) is 10.1. The van der Waals surface area contributed by atoms with Crippen LogP contribution in [0.15, 0.2) is 42.5 Å². The molecule has 0 aliphatic rings. The fourth-order valence-corrected chi connectivity index (χ4v) is 1.70. The van der Waals surface area contributed by atoms with Gasteiger partial charge in [0.05, 0.1) is 12.8 Å². The molecule has 0 heterocycles. The monoisotopic (exact) mass is 274 g/mol. The number of hydrogen-bond donors (Lipinski definition) is 2. The Kier molecular flexibility index (Phi) is 4.20. The highest BCUT2D eigenvalue weighted by Gasteiger charge is 2.08. The fraction of sp³-hybridized carbons (Fsp3) is 0.133. The van der Waals surface area contributed by atoms with Gasteiger partial charge in [0.1, 0.15) is 11.6 Å². The Labute approximate surface area is 116 Å². The van der Waals surface area contributed by atoms with Crippen molar-refractivity contribution in [3.8, 4) is 5.75 Å². The number of carbonyl (C=O) groups excluding carboxylic acids is 1. The summed E-state index contributed by atoms with van der Waals surface area (Å²) in [5.74, 6) is -0.192. The average Bonchev–Trinajstić information content (AvgIpc) is 2.48. The maximum atomic E-state index is 13.3. The van der Waals surface area contributed by atoms with Gasteiger partial charge in [0, 0.05) is 12.1 Å². The minimum Gasteiger partial charge on any atom is -0.497 e. The highest BCUT2D eigenvalue weighted by molar-refractivity contribution is 5.94. The summed E-state index contributed by atoms with van der Waals surface area (Å²) in [5, 5.41) is 2.71. The summed E-state index contributed by atoms with van der Waals surface area (Å²) < 4.78 is 18.3. The van der Waals surface area contributed by atoms with Gasteiger partial charge in [-0.3, -0.25) is 4.79 Å². The topological polar surface area (TPSA) is 64.3 Å². The smallest absolute Gasteiger partial charge is 0.251 e. The van der Waals surface area contributed by atoms with E-state index < -0.39 is 5.82 Å². The second-order valence-corrected chi connectivity index (χ2v) is 4.27. The third-order valence-corrected chi connectivity index (χ3v) is 2.87. The van der Waals surface area contributed by atoms with Gasteiger partial charge in [-0.05, 0) is 35.9 Å². The second kappa shape index (κ2) is 6.06. The summed E-state index contributed by atoms with van der Waals surface area (Å²) >= 11 is 0. The van der Waals surface area contributed by atoms with Gasteiger partial charge in [0.25, 0.3) is 5.91 Å². The highest BCUT2D eigenvalue weighted by atomic mass is 19.1. The minimum atomic E-state index is -0.595. The first-order chi connectivity index (χ1) is 9.60. The molecule has 0 spiro atoms. The summed E-state index contributed by atoms with van der Waals surface area (Å²) in [4.78, 5) is 11.9. The summed E-state index contributed by atoms with van der Waals surface area (Å²) in [6.07, 6.45) is 0. The van der Waals surface area contributed by atoms with Crippen molar-refractivity contribution in [2.45, 2.75) is 6.54 Å². The van der Waals surface area contributed by atoms with Crippen LogP contribution in [0.5, 0.6) is 5.75 Å². The molecule has 1 amide bonds. The molecule has 0 saturated carbocycles. The predicted octanol–water partition coefficient (Wildman–Crippen LogP) is 2.35. The van der Waals surface area contributed by atoms with E-state index in [0.717, 1.165) is 17.4 Å². The summed E-state index contributed by atoms with van der Waals surface area (Å²) in [7, 11) is 1.59. The molecule has 0 aliphatic carbocycles. The Bertz CT molecular complexity index is 612. The van der Waals surface area contributed by atoms with Gasteiger partial charge in [0.15, 0.2) is 0 Å². The van der Waals surface area contributed by atoms with Crippen molar-refractivity contribution < 1.29 is 13.9 Å². The number of ether oxygens (including phenoxy) is 1. The Morgan fingerprint density at radius 1 is 1.25 bits per heavy atom. The van der Waals surface area contributed by atoms with E-state index in [1.165, 1.54) is 12.1 Å². The largest absolute Gasteiger partial charge is 0.497 e. The highest BCUT2D eigenvalue weighted by Crippen LogP contribution is 2.13. The van der Waals surface area contributed by atoms with E-state index in [9.17, 15) is 9.18 Å². The van der Waals surface area contributed by atoms with E-state index in [-0.39, 0.29) is 17.2 Å². The molecule has 2 aromatic rings. The summed E-state index contributed by atoms with van der Waals surface area (Å²) in [5.41, 5.74) is 6.55. The van der Waals surface area contributed by atoms with E-state index in [2.05, 4.69) is 5.32 Å². The zero-order valence-corrected chi connectivity index (χ0v) is 11.0. The third-order valence-electron chi connectivity index (χ3n) is 2.87. The number of benzene rings is 2. The number of anilines is 1. The molecule has 0 aromatic heterocycles. The van der Waals surface area contributed by atoms with Crippen molar-refractivity contribution in [3.05, 3.63) is 59.4 Å². The number of nitrogens with two attached hydrogens (primary N) is 1. The molecule has 0 saturated heterocycles. The molecule has 0 aliphatic heterocycles. The van der Waals surface area contributed by atoms with Crippen molar-refractivity contribution in [1.29, 1.82) is 0 Å².